The van der Waals surface area contributed by atoms with Crippen molar-refractivity contribution in [3.05, 3.63) is 102 Å². The van der Waals surface area contributed by atoms with Crippen LogP contribution in [-0.2, 0) is 4.79 Å². The molecule has 0 saturated carbocycles. The Morgan fingerprint density at radius 1 is 0.794 bits per heavy atom. The number of nitrogens with one attached hydrogen (secondary N) is 2. The summed E-state index contributed by atoms with van der Waals surface area (Å²) >= 11 is 5.36. The Hall–Kier alpha value is -3.97. The first-order chi connectivity index (χ1) is 16.6. The topological polar surface area (TPSA) is 64.7 Å². The van der Waals surface area contributed by atoms with E-state index in [0.29, 0.717) is 31.7 Å². The minimum atomic E-state index is -0.299. The van der Waals surface area contributed by atoms with Crippen molar-refractivity contribution in [1.82, 2.24) is 10.2 Å². The zero-order valence-electron chi connectivity index (χ0n) is 18.7. The Labute approximate surface area is 204 Å². The van der Waals surface area contributed by atoms with Gasteiger partial charge in [0.2, 0.25) is 5.91 Å². The van der Waals surface area contributed by atoms with Crippen LogP contribution in [0.5, 0.6) is 0 Å². The fourth-order valence-corrected chi connectivity index (χ4v) is 4.02. The highest BCUT2D eigenvalue weighted by Gasteiger charge is 2.23. The molecule has 1 heterocycles. The predicted octanol–water partition coefficient (Wildman–Crippen LogP) is 4.18. The van der Waals surface area contributed by atoms with Gasteiger partial charge in [0.25, 0.3) is 5.91 Å². The van der Waals surface area contributed by atoms with Gasteiger partial charge in [-0.05, 0) is 48.1 Å². The van der Waals surface area contributed by atoms with E-state index in [1.54, 1.807) is 6.08 Å². The second-order valence-electron chi connectivity index (χ2n) is 7.85. The van der Waals surface area contributed by atoms with E-state index in [0.717, 1.165) is 16.9 Å². The summed E-state index contributed by atoms with van der Waals surface area (Å²) in [5.41, 5.74) is 3.43. The fourth-order valence-electron chi connectivity index (χ4n) is 3.81. The Kier molecular flexibility index (Phi) is 7.67. The molecule has 6 nitrogen and oxygen atoms in total. The molecule has 0 atom stereocenters. The van der Waals surface area contributed by atoms with E-state index in [1.165, 1.54) is 6.08 Å². The van der Waals surface area contributed by atoms with E-state index >= 15 is 0 Å². The first-order valence-electron chi connectivity index (χ1n) is 11.1. The predicted molar refractivity (Wildman–Crippen MR) is 141 cm³/mol. The average Bonchev–Trinajstić information content (AvgIpc) is 2.88. The lowest BCUT2D eigenvalue weighted by molar-refractivity contribution is -0.115. The van der Waals surface area contributed by atoms with Crippen LogP contribution in [0, 0.1) is 0 Å². The van der Waals surface area contributed by atoms with Crippen LogP contribution in [0.1, 0.15) is 15.9 Å². The van der Waals surface area contributed by atoms with Crippen molar-refractivity contribution in [2.24, 2.45) is 0 Å². The second kappa shape index (κ2) is 11.2. The number of amides is 2. The normalized spacial score (nSPS) is 13.5. The molecule has 0 aliphatic carbocycles. The third-order valence-electron chi connectivity index (χ3n) is 5.54. The number of piperazine rings is 1. The molecule has 34 heavy (non-hydrogen) atoms. The molecule has 3 aromatic rings. The maximum absolute atomic E-state index is 12.7. The number of hydrogen-bond acceptors (Lipinski definition) is 4. The summed E-state index contributed by atoms with van der Waals surface area (Å²) in [4.78, 5) is 29.1. The molecular formula is C27H26N4O2S. The van der Waals surface area contributed by atoms with Crippen molar-refractivity contribution in [1.29, 1.82) is 0 Å². The minimum absolute atomic E-state index is 0.0547. The lowest BCUT2D eigenvalue weighted by Crippen LogP contribution is -2.49. The number of thiocarbonyl (C=S) groups is 1. The third kappa shape index (κ3) is 6.08. The van der Waals surface area contributed by atoms with Gasteiger partial charge in [-0.1, -0.05) is 60.7 Å². The van der Waals surface area contributed by atoms with E-state index in [2.05, 4.69) is 15.5 Å². The molecule has 0 bridgehead atoms. The Balaban J connectivity index is 1.34. The van der Waals surface area contributed by atoms with Crippen molar-refractivity contribution < 1.29 is 9.59 Å². The molecule has 0 radical (unpaired) electrons. The highest BCUT2D eigenvalue weighted by Crippen LogP contribution is 2.27. The van der Waals surface area contributed by atoms with E-state index in [-0.39, 0.29) is 16.9 Å². The number of hydrogen-bond donors (Lipinski definition) is 2. The number of anilines is 2. The average molecular weight is 471 g/mol. The summed E-state index contributed by atoms with van der Waals surface area (Å²) in [6, 6.07) is 26.8. The third-order valence-corrected chi connectivity index (χ3v) is 5.75. The lowest BCUT2D eigenvalue weighted by Gasteiger charge is -2.37. The van der Waals surface area contributed by atoms with Crippen molar-refractivity contribution >= 4 is 46.6 Å². The molecule has 0 aromatic heterocycles. The molecule has 172 valence electrons. The van der Waals surface area contributed by atoms with Crippen LogP contribution in [-0.4, -0.2) is 48.0 Å². The van der Waals surface area contributed by atoms with Gasteiger partial charge in [0.05, 0.1) is 11.4 Å². The van der Waals surface area contributed by atoms with Gasteiger partial charge in [0.1, 0.15) is 0 Å². The largest absolute Gasteiger partial charge is 0.366 e. The highest BCUT2D eigenvalue weighted by molar-refractivity contribution is 7.80. The summed E-state index contributed by atoms with van der Waals surface area (Å²) in [5.74, 6) is -0.244. The van der Waals surface area contributed by atoms with Gasteiger partial charge in [0, 0.05) is 37.8 Å². The second-order valence-corrected chi connectivity index (χ2v) is 8.26. The van der Waals surface area contributed by atoms with E-state index in [9.17, 15) is 9.59 Å². The summed E-state index contributed by atoms with van der Waals surface area (Å²) in [6.07, 6.45) is 3.19. The van der Waals surface area contributed by atoms with E-state index in [1.807, 2.05) is 89.8 Å². The van der Waals surface area contributed by atoms with Gasteiger partial charge in [-0.3, -0.25) is 14.9 Å². The maximum Gasteiger partial charge on any atom is 0.253 e. The zero-order valence-corrected chi connectivity index (χ0v) is 19.5. The number of rotatable bonds is 5. The molecule has 7 heteroatoms. The smallest absolute Gasteiger partial charge is 0.253 e. The molecule has 0 spiro atoms. The van der Waals surface area contributed by atoms with Gasteiger partial charge < -0.3 is 15.1 Å². The summed E-state index contributed by atoms with van der Waals surface area (Å²) < 4.78 is 0. The van der Waals surface area contributed by atoms with Crippen LogP contribution in [0.25, 0.3) is 6.08 Å². The molecule has 1 aliphatic rings. The SMILES string of the molecule is O=C(/C=C/c1ccccc1)NC(=S)Nc1ccccc1N1CCN(C(=O)c2ccccc2)CC1. The van der Waals surface area contributed by atoms with Crippen LogP contribution in [0.4, 0.5) is 11.4 Å². The van der Waals surface area contributed by atoms with Crippen LogP contribution in [0.3, 0.4) is 0 Å². The number of benzene rings is 3. The molecular weight excluding hydrogens is 444 g/mol. The lowest BCUT2D eigenvalue weighted by atomic mass is 10.1. The molecule has 2 amide bonds. The van der Waals surface area contributed by atoms with Crippen LogP contribution < -0.4 is 15.5 Å². The van der Waals surface area contributed by atoms with Crippen molar-refractivity contribution in [3.63, 3.8) is 0 Å². The van der Waals surface area contributed by atoms with Crippen molar-refractivity contribution in [2.75, 3.05) is 36.4 Å². The molecule has 1 aliphatic heterocycles. The van der Waals surface area contributed by atoms with Crippen LogP contribution in [0.15, 0.2) is 91.0 Å². The van der Waals surface area contributed by atoms with E-state index < -0.39 is 0 Å². The Bertz CT molecular complexity index is 1170. The first-order valence-corrected chi connectivity index (χ1v) is 11.5. The van der Waals surface area contributed by atoms with Crippen LogP contribution in [0.2, 0.25) is 0 Å². The van der Waals surface area contributed by atoms with Gasteiger partial charge in [0.15, 0.2) is 5.11 Å². The van der Waals surface area contributed by atoms with Gasteiger partial charge in [-0.2, -0.15) is 0 Å². The quantitative estimate of drug-likeness (QED) is 0.433. The number of nitrogens with zero attached hydrogens (tertiary/aromatic N) is 2. The maximum atomic E-state index is 12.7. The number of carbonyl (C=O) groups excluding carboxylic acids is 2. The standard InChI is InChI=1S/C27H26N4O2S/c32-25(16-15-21-9-3-1-4-10-21)29-27(34)28-23-13-7-8-14-24(23)30-17-19-31(20-18-30)26(33)22-11-5-2-6-12-22/h1-16H,17-20H2,(H2,28,29,32,34)/b16-15+. The Morgan fingerprint density at radius 2 is 1.41 bits per heavy atom. The van der Waals surface area contributed by atoms with Crippen molar-refractivity contribution in [3.8, 4) is 0 Å². The monoisotopic (exact) mass is 470 g/mol. The van der Waals surface area contributed by atoms with Crippen molar-refractivity contribution in [2.45, 2.75) is 0 Å². The summed E-state index contributed by atoms with van der Waals surface area (Å²) in [5, 5.41) is 6.06. The molecule has 0 unspecified atom stereocenters. The molecule has 3 aromatic carbocycles. The summed E-state index contributed by atoms with van der Waals surface area (Å²) in [6.45, 7) is 2.67. The zero-order chi connectivity index (χ0) is 23.8. The molecule has 4 rings (SSSR count). The molecule has 1 fully saturated rings. The Morgan fingerprint density at radius 3 is 2.12 bits per heavy atom. The number of para-hydroxylation sites is 2. The fraction of sp³-hybridized carbons (Fsp3) is 0.148. The number of carbonyl (C=O) groups is 2. The van der Waals surface area contributed by atoms with Gasteiger partial charge in [-0.25, -0.2) is 0 Å². The minimum Gasteiger partial charge on any atom is -0.366 e. The molecule has 2 N–H and O–H groups in total. The van der Waals surface area contributed by atoms with E-state index in [4.69, 9.17) is 12.2 Å². The summed E-state index contributed by atoms with van der Waals surface area (Å²) in [7, 11) is 0. The molecule has 1 saturated heterocycles. The first kappa shape index (κ1) is 23.2. The van der Waals surface area contributed by atoms with Crippen LogP contribution >= 0.6 is 12.2 Å². The highest BCUT2D eigenvalue weighted by atomic mass is 32.1. The van der Waals surface area contributed by atoms with Gasteiger partial charge in [-0.15, -0.1) is 0 Å². The van der Waals surface area contributed by atoms with Gasteiger partial charge >= 0.3 is 0 Å².